The highest BCUT2D eigenvalue weighted by atomic mass is 35.5. The number of alkyl halides is 1. The van der Waals surface area contributed by atoms with Gasteiger partial charge in [0.15, 0.2) is 0 Å². The van der Waals surface area contributed by atoms with Crippen molar-refractivity contribution in [2.45, 2.75) is 6.42 Å². The predicted molar refractivity (Wildman–Crippen MR) is 62.8 cm³/mol. The Morgan fingerprint density at radius 2 is 2.20 bits per heavy atom. The zero-order valence-electron chi connectivity index (χ0n) is 8.99. The van der Waals surface area contributed by atoms with Crippen LogP contribution in [0.4, 0.5) is 0 Å². The highest BCUT2D eigenvalue weighted by Gasteiger charge is 2.19. The summed E-state index contributed by atoms with van der Waals surface area (Å²) in [6.45, 7) is 4.58. The van der Waals surface area contributed by atoms with Crippen LogP contribution in [0, 0.1) is 0 Å². The van der Waals surface area contributed by atoms with Crippen LogP contribution in [0.25, 0.3) is 0 Å². The van der Waals surface area contributed by atoms with Gasteiger partial charge in [-0.25, -0.2) is 8.42 Å². The van der Waals surface area contributed by atoms with Crippen molar-refractivity contribution in [1.29, 1.82) is 0 Å². The Morgan fingerprint density at radius 1 is 1.53 bits per heavy atom. The van der Waals surface area contributed by atoms with Gasteiger partial charge < -0.3 is 4.74 Å². The third-order valence-electron chi connectivity index (χ3n) is 1.81. The molecule has 90 valence electrons. The number of nitrogens with zero attached hydrogens (tertiary/aromatic N) is 1. The fourth-order valence-corrected chi connectivity index (χ4v) is 2.79. The van der Waals surface area contributed by atoms with Crippen LogP contribution in [0.2, 0.25) is 0 Å². The molecule has 0 atom stereocenters. The van der Waals surface area contributed by atoms with Crippen molar-refractivity contribution >= 4 is 21.6 Å². The lowest BCUT2D eigenvalue weighted by molar-refractivity contribution is 0.182. The lowest BCUT2D eigenvalue weighted by Gasteiger charge is -2.19. The number of hydrogen-bond acceptors (Lipinski definition) is 3. The normalized spacial score (nSPS) is 11.9. The van der Waals surface area contributed by atoms with Gasteiger partial charge in [-0.3, -0.25) is 0 Å². The van der Waals surface area contributed by atoms with Crippen molar-refractivity contribution in [1.82, 2.24) is 4.31 Å². The largest absolute Gasteiger partial charge is 0.383 e. The minimum Gasteiger partial charge on any atom is -0.383 e. The summed E-state index contributed by atoms with van der Waals surface area (Å²) in [6.07, 6.45) is 2.03. The molecule has 0 fully saturated rings. The number of hydrogen-bond donors (Lipinski definition) is 0. The first-order chi connectivity index (χ1) is 7.08. The van der Waals surface area contributed by atoms with E-state index in [1.165, 1.54) is 11.4 Å². The molecule has 6 heteroatoms. The van der Waals surface area contributed by atoms with Crippen LogP contribution in [0.1, 0.15) is 6.42 Å². The van der Waals surface area contributed by atoms with Gasteiger partial charge in [-0.15, -0.1) is 18.2 Å². The summed E-state index contributed by atoms with van der Waals surface area (Å²) >= 11 is 5.47. The van der Waals surface area contributed by atoms with Crippen LogP contribution in [-0.4, -0.2) is 51.2 Å². The zero-order chi connectivity index (χ0) is 11.7. The summed E-state index contributed by atoms with van der Waals surface area (Å²) in [4.78, 5) is 0. The average molecular weight is 256 g/mol. The van der Waals surface area contributed by atoms with Gasteiger partial charge in [-0.05, 0) is 6.42 Å². The van der Waals surface area contributed by atoms with Crippen molar-refractivity contribution in [3.8, 4) is 0 Å². The van der Waals surface area contributed by atoms with Crippen molar-refractivity contribution in [3.63, 3.8) is 0 Å². The molecule has 0 saturated carbocycles. The van der Waals surface area contributed by atoms with E-state index in [-0.39, 0.29) is 5.75 Å². The van der Waals surface area contributed by atoms with Crippen molar-refractivity contribution < 1.29 is 13.2 Å². The smallest absolute Gasteiger partial charge is 0.214 e. The molecule has 0 aromatic carbocycles. The standard InChI is InChI=1S/C9H18ClNO3S/c1-3-6-11(7-8-14-2)15(12,13)9-4-5-10/h3H,1,4-9H2,2H3. The van der Waals surface area contributed by atoms with Crippen LogP contribution in [-0.2, 0) is 14.8 Å². The van der Waals surface area contributed by atoms with Crippen LogP contribution in [0.15, 0.2) is 12.7 Å². The molecule has 0 aliphatic carbocycles. The fourth-order valence-electron chi connectivity index (χ4n) is 1.05. The fraction of sp³-hybridized carbons (Fsp3) is 0.778. The minimum absolute atomic E-state index is 0.0774. The Labute approximate surface area is 96.9 Å². The zero-order valence-corrected chi connectivity index (χ0v) is 10.6. The van der Waals surface area contributed by atoms with E-state index in [1.807, 2.05) is 0 Å². The molecule has 0 spiro atoms. The molecule has 0 aromatic rings. The maximum Gasteiger partial charge on any atom is 0.214 e. The Bertz CT molecular complexity index is 267. The highest BCUT2D eigenvalue weighted by molar-refractivity contribution is 7.89. The molecule has 0 aliphatic rings. The van der Waals surface area contributed by atoms with Gasteiger partial charge in [-0.1, -0.05) is 6.08 Å². The molecular formula is C9H18ClNO3S. The molecule has 0 aromatic heterocycles. The van der Waals surface area contributed by atoms with Gasteiger partial charge in [0, 0.05) is 26.1 Å². The van der Waals surface area contributed by atoms with E-state index in [9.17, 15) is 8.42 Å². The van der Waals surface area contributed by atoms with Crippen molar-refractivity contribution in [2.24, 2.45) is 0 Å². The first-order valence-corrected chi connectivity index (χ1v) is 6.86. The Kier molecular flexibility index (Phi) is 8.04. The first kappa shape index (κ1) is 14.9. The summed E-state index contributed by atoms with van der Waals surface area (Å²) < 4.78 is 29.7. The van der Waals surface area contributed by atoms with Crippen LogP contribution in [0.5, 0.6) is 0 Å². The molecule has 0 unspecified atom stereocenters. The quantitative estimate of drug-likeness (QED) is 0.458. The maximum atomic E-state index is 11.7. The van der Waals surface area contributed by atoms with E-state index in [1.54, 1.807) is 6.08 Å². The van der Waals surface area contributed by atoms with Crippen LogP contribution >= 0.6 is 11.6 Å². The Hall–Kier alpha value is -0.100. The molecule has 0 aliphatic heterocycles. The number of halogens is 1. The van der Waals surface area contributed by atoms with E-state index in [4.69, 9.17) is 16.3 Å². The van der Waals surface area contributed by atoms with Gasteiger partial charge in [-0.2, -0.15) is 4.31 Å². The van der Waals surface area contributed by atoms with Crippen LogP contribution < -0.4 is 0 Å². The minimum atomic E-state index is -3.22. The Morgan fingerprint density at radius 3 is 2.67 bits per heavy atom. The molecule has 0 radical (unpaired) electrons. The third kappa shape index (κ3) is 6.14. The highest BCUT2D eigenvalue weighted by Crippen LogP contribution is 2.04. The van der Waals surface area contributed by atoms with E-state index < -0.39 is 10.0 Å². The maximum absolute atomic E-state index is 11.7. The summed E-state index contributed by atoms with van der Waals surface area (Å²) in [7, 11) is -1.68. The predicted octanol–water partition coefficient (Wildman–Crippen LogP) is 1.08. The molecule has 0 bridgehead atoms. The summed E-state index contributed by atoms with van der Waals surface area (Å²) in [5.41, 5.74) is 0. The van der Waals surface area contributed by atoms with Crippen molar-refractivity contribution in [2.75, 3.05) is 38.4 Å². The molecular weight excluding hydrogens is 238 g/mol. The number of ether oxygens (including phenoxy) is 1. The monoisotopic (exact) mass is 255 g/mol. The SMILES string of the molecule is C=CCN(CCOC)S(=O)(=O)CCCCl. The van der Waals surface area contributed by atoms with Gasteiger partial charge in [0.1, 0.15) is 0 Å². The lowest BCUT2D eigenvalue weighted by atomic mass is 10.6. The number of sulfonamides is 1. The molecule has 4 nitrogen and oxygen atoms in total. The Balaban J connectivity index is 4.36. The van der Waals surface area contributed by atoms with Gasteiger partial charge in [0.25, 0.3) is 0 Å². The van der Waals surface area contributed by atoms with Crippen LogP contribution in [0.3, 0.4) is 0 Å². The van der Waals surface area contributed by atoms with E-state index in [0.717, 1.165) is 0 Å². The molecule has 0 amide bonds. The van der Waals surface area contributed by atoms with Crippen molar-refractivity contribution in [3.05, 3.63) is 12.7 Å². The molecule has 0 heterocycles. The molecule has 0 rings (SSSR count). The topological polar surface area (TPSA) is 46.6 Å². The lowest BCUT2D eigenvalue weighted by Crippen LogP contribution is -2.35. The number of methoxy groups -OCH3 is 1. The average Bonchev–Trinajstić information content (AvgIpc) is 2.21. The van der Waals surface area contributed by atoms with Gasteiger partial charge in [0.2, 0.25) is 10.0 Å². The summed E-state index contributed by atoms with van der Waals surface area (Å²) in [5.74, 6) is 0.430. The van der Waals surface area contributed by atoms with E-state index in [2.05, 4.69) is 6.58 Å². The molecule has 15 heavy (non-hydrogen) atoms. The second-order valence-electron chi connectivity index (χ2n) is 3.00. The summed E-state index contributed by atoms with van der Waals surface area (Å²) in [5, 5.41) is 0. The molecule has 0 N–H and O–H groups in total. The second kappa shape index (κ2) is 8.10. The van der Waals surface area contributed by atoms with E-state index >= 15 is 0 Å². The van der Waals surface area contributed by atoms with E-state index in [0.29, 0.717) is 32.0 Å². The third-order valence-corrected chi connectivity index (χ3v) is 4.00. The van der Waals surface area contributed by atoms with Gasteiger partial charge >= 0.3 is 0 Å². The number of rotatable bonds is 9. The second-order valence-corrected chi connectivity index (χ2v) is 5.46. The first-order valence-electron chi connectivity index (χ1n) is 4.72. The van der Waals surface area contributed by atoms with Gasteiger partial charge in [0.05, 0.1) is 12.4 Å². The summed E-state index contributed by atoms with van der Waals surface area (Å²) in [6, 6.07) is 0. The molecule has 0 saturated heterocycles.